The van der Waals surface area contributed by atoms with Gasteiger partial charge in [-0.3, -0.25) is 0 Å². The SMILES string of the molecule is CC/C=C/CBP(C)(C)=O. The number of hydrogen-bond acceptors (Lipinski definition) is 1. The molecule has 1 nitrogen and oxygen atoms in total. The normalized spacial score (nSPS) is 12.3. The quantitative estimate of drug-likeness (QED) is 0.348. The van der Waals surface area contributed by atoms with E-state index in [1.54, 1.807) is 0 Å². The average molecular weight is 158 g/mol. The summed E-state index contributed by atoms with van der Waals surface area (Å²) in [6.07, 6.45) is 6.28. The molecule has 0 N–H and O–H groups in total. The van der Waals surface area contributed by atoms with Crippen molar-refractivity contribution in [2.45, 2.75) is 19.7 Å². The fraction of sp³-hybridized carbons (Fsp3) is 0.714. The Bertz CT molecular complexity index is 148. The lowest BCUT2D eigenvalue weighted by Crippen LogP contribution is -1.86. The van der Waals surface area contributed by atoms with Gasteiger partial charge in [-0.25, -0.2) is 0 Å². The third-order valence-corrected chi connectivity index (χ3v) is 2.57. The molecular formula is C7H16BOP. The highest BCUT2D eigenvalue weighted by Crippen LogP contribution is 2.34. The molecule has 0 aromatic carbocycles. The molecule has 0 spiro atoms. The van der Waals surface area contributed by atoms with Gasteiger partial charge in [0, 0.05) is 7.02 Å². The smallest absolute Gasteiger partial charge is 0.204 e. The fourth-order valence-corrected chi connectivity index (χ4v) is 1.44. The predicted octanol–water partition coefficient (Wildman–Crippen LogP) is 2.35. The van der Waals surface area contributed by atoms with Crippen molar-refractivity contribution >= 4 is 14.0 Å². The molecule has 0 atom stereocenters. The fourth-order valence-electron chi connectivity index (χ4n) is 0.670. The number of hydrogen-bond donors (Lipinski definition) is 0. The molecule has 0 unspecified atom stereocenters. The maximum atomic E-state index is 11.1. The lowest BCUT2D eigenvalue weighted by Gasteiger charge is -1.99. The Morgan fingerprint density at radius 1 is 1.40 bits per heavy atom. The zero-order chi connectivity index (χ0) is 8.04. The van der Waals surface area contributed by atoms with Gasteiger partial charge in [0.25, 0.3) is 0 Å². The van der Waals surface area contributed by atoms with Crippen molar-refractivity contribution in [3.8, 4) is 0 Å². The molecule has 0 bridgehead atoms. The van der Waals surface area contributed by atoms with E-state index in [4.69, 9.17) is 0 Å². The van der Waals surface area contributed by atoms with Gasteiger partial charge in [-0.15, -0.1) is 0 Å². The van der Waals surface area contributed by atoms with Gasteiger partial charge < -0.3 is 4.57 Å². The molecule has 0 amide bonds. The van der Waals surface area contributed by atoms with Crippen LogP contribution in [0.1, 0.15) is 13.3 Å². The summed E-state index contributed by atoms with van der Waals surface area (Å²) in [5.74, 6) is 0. The zero-order valence-corrected chi connectivity index (χ0v) is 8.03. The third kappa shape index (κ3) is 8.03. The Kier molecular flexibility index (Phi) is 4.81. The minimum Gasteiger partial charge on any atom is -0.335 e. The van der Waals surface area contributed by atoms with E-state index in [-0.39, 0.29) is 0 Å². The maximum Gasteiger partial charge on any atom is 0.204 e. The van der Waals surface area contributed by atoms with Crippen molar-refractivity contribution < 1.29 is 4.57 Å². The Hall–Kier alpha value is 0.0349. The molecule has 0 saturated heterocycles. The standard InChI is InChI=1S/C7H16BOP/c1-4-5-6-7-8-10(2,3)9/h5-6,8H,4,7H2,1-3H3/b6-5+. The summed E-state index contributed by atoms with van der Waals surface area (Å²) >= 11 is 0. The first kappa shape index (κ1) is 10.0. The van der Waals surface area contributed by atoms with E-state index in [9.17, 15) is 4.57 Å². The highest BCUT2D eigenvalue weighted by Gasteiger charge is 2.05. The van der Waals surface area contributed by atoms with Crippen LogP contribution in [0.25, 0.3) is 0 Å². The van der Waals surface area contributed by atoms with Crippen LogP contribution in [0, 0.1) is 0 Å². The van der Waals surface area contributed by atoms with Crippen LogP contribution >= 0.6 is 7.02 Å². The van der Waals surface area contributed by atoms with E-state index in [0.717, 1.165) is 19.7 Å². The van der Waals surface area contributed by atoms with Gasteiger partial charge in [-0.1, -0.05) is 25.4 Å². The molecule has 0 radical (unpaired) electrons. The van der Waals surface area contributed by atoms with Crippen LogP contribution in [0.5, 0.6) is 0 Å². The van der Waals surface area contributed by atoms with Gasteiger partial charge in [0.05, 0.1) is 0 Å². The van der Waals surface area contributed by atoms with E-state index in [1.165, 1.54) is 0 Å². The van der Waals surface area contributed by atoms with Crippen LogP contribution in [0.15, 0.2) is 12.2 Å². The summed E-state index contributed by atoms with van der Waals surface area (Å²) in [6, 6.07) is 0. The van der Waals surface area contributed by atoms with Crippen LogP contribution < -0.4 is 0 Å². The summed E-state index contributed by atoms with van der Waals surface area (Å²) in [4.78, 5) is 0. The molecule has 0 aromatic heterocycles. The lowest BCUT2D eigenvalue weighted by atomic mass is 10.0. The Morgan fingerprint density at radius 2 is 2.00 bits per heavy atom. The molecule has 58 valence electrons. The third-order valence-electron chi connectivity index (χ3n) is 1.24. The van der Waals surface area contributed by atoms with Gasteiger partial charge in [-0.05, 0) is 19.8 Å². The molecular weight excluding hydrogens is 142 g/mol. The number of allylic oxidation sites excluding steroid dienone is 2. The topological polar surface area (TPSA) is 17.1 Å². The van der Waals surface area contributed by atoms with Crippen molar-refractivity contribution in [2.24, 2.45) is 0 Å². The summed E-state index contributed by atoms with van der Waals surface area (Å²) in [5, 5.41) is 0. The van der Waals surface area contributed by atoms with Crippen molar-refractivity contribution in [1.82, 2.24) is 0 Å². The van der Waals surface area contributed by atoms with Crippen LogP contribution in [0.2, 0.25) is 6.32 Å². The molecule has 0 aromatic rings. The molecule has 0 heterocycles. The molecule has 3 heteroatoms. The Balaban J connectivity index is 3.38. The second-order valence-corrected chi connectivity index (χ2v) is 6.56. The molecule has 0 saturated carbocycles. The van der Waals surface area contributed by atoms with E-state index in [1.807, 2.05) is 13.3 Å². The molecule has 0 aliphatic rings. The van der Waals surface area contributed by atoms with Crippen molar-refractivity contribution in [2.75, 3.05) is 13.3 Å². The van der Waals surface area contributed by atoms with Gasteiger partial charge in [-0.2, -0.15) is 0 Å². The summed E-state index contributed by atoms with van der Waals surface area (Å²) in [5.41, 5.74) is 0. The highest BCUT2D eigenvalue weighted by molar-refractivity contribution is 7.89. The Morgan fingerprint density at radius 3 is 2.40 bits per heavy atom. The highest BCUT2D eigenvalue weighted by atomic mass is 31.2. The predicted molar refractivity (Wildman–Crippen MR) is 50.8 cm³/mol. The summed E-state index contributed by atoms with van der Waals surface area (Å²) in [7, 11) is -1.76. The molecule has 0 fully saturated rings. The van der Waals surface area contributed by atoms with E-state index in [0.29, 0.717) is 0 Å². The lowest BCUT2D eigenvalue weighted by molar-refractivity contribution is 0.590. The van der Waals surface area contributed by atoms with Crippen molar-refractivity contribution in [1.29, 1.82) is 0 Å². The first-order valence-corrected chi connectivity index (χ1v) is 6.54. The van der Waals surface area contributed by atoms with Crippen LogP contribution in [0.3, 0.4) is 0 Å². The second-order valence-electron chi connectivity index (χ2n) is 2.97. The molecule has 10 heavy (non-hydrogen) atoms. The van der Waals surface area contributed by atoms with Crippen LogP contribution in [-0.2, 0) is 4.57 Å². The van der Waals surface area contributed by atoms with Crippen LogP contribution in [-0.4, -0.2) is 20.3 Å². The number of rotatable bonds is 4. The first-order chi connectivity index (χ1) is 4.56. The summed E-state index contributed by atoms with van der Waals surface area (Å²) < 4.78 is 11.1. The molecule has 0 aliphatic heterocycles. The molecule has 0 aliphatic carbocycles. The first-order valence-electron chi connectivity index (χ1n) is 3.75. The van der Waals surface area contributed by atoms with E-state index >= 15 is 0 Å². The van der Waals surface area contributed by atoms with Crippen molar-refractivity contribution in [3.63, 3.8) is 0 Å². The van der Waals surface area contributed by atoms with Gasteiger partial charge in [0.2, 0.25) is 7.00 Å². The minimum atomic E-state index is -1.76. The van der Waals surface area contributed by atoms with E-state index in [2.05, 4.69) is 19.1 Å². The second kappa shape index (κ2) is 4.79. The van der Waals surface area contributed by atoms with Gasteiger partial charge in [0.15, 0.2) is 0 Å². The van der Waals surface area contributed by atoms with E-state index < -0.39 is 7.02 Å². The average Bonchev–Trinajstić information content (AvgIpc) is 1.78. The Labute approximate surface area is 64.5 Å². The zero-order valence-electron chi connectivity index (χ0n) is 7.13. The maximum absolute atomic E-state index is 11.1. The monoisotopic (exact) mass is 158 g/mol. The van der Waals surface area contributed by atoms with Crippen molar-refractivity contribution in [3.05, 3.63) is 12.2 Å². The largest absolute Gasteiger partial charge is 0.335 e. The van der Waals surface area contributed by atoms with Crippen LogP contribution in [0.4, 0.5) is 0 Å². The minimum absolute atomic E-state index is 0.851. The molecule has 0 rings (SSSR count). The van der Waals surface area contributed by atoms with Gasteiger partial charge >= 0.3 is 0 Å². The summed E-state index contributed by atoms with van der Waals surface area (Å²) in [6.45, 7) is 6.64. The van der Waals surface area contributed by atoms with Gasteiger partial charge in [0.1, 0.15) is 0 Å².